The van der Waals surface area contributed by atoms with E-state index in [-0.39, 0.29) is 0 Å². The number of nitrogen functional groups attached to an aromatic ring is 1. The number of nitrogens with two attached hydrogens (primary N) is 1. The van der Waals surface area contributed by atoms with E-state index in [4.69, 9.17) is 5.73 Å². The first-order chi connectivity index (χ1) is 6.29. The molecule has 0 aliphatic carbocycles. The van der Waals surface area contributed by atoms with Crippen molar-refractivity contribution in [2.45, 2.75) is 0 Å². The third-order valence-electron chi connectivity index (χ3n) is 1.83. The minimum Gasteiger partial charge on any atom is -0.399 e. The highest BCUT2D eigenvalue weighted by Gasteiger charge is 1.97. The zero-order valence-electron chi connectivity index (χ0n) is 7.28. The molecule has 0 amide bonds. The third-order valence-corrected chi connectivity index (χ3v) is 1.83. The van der Waals surface area contributed by atoms with Gasteiger partial charge in [0.05, 0.1) is 5.52 Å². The van der Waals surface area contributed by atoms with E-state index in [1.165, 1.54) is 0 Å². The Labute approximate surface area is 75.8 Å². The Morgan fingerprint density at radius 1 is 1.38 bits per heavy atom. The summed E-state index contributed by atoms with van der Waals surface area (Å²) in [6.07, 6.45) is 1.77. The second-order valence-electron chi connectivity index (χ2n) is 2.76. The van der Waals surface area contributed by atoms with Crippen molar-refractivity contribution in [1.29, 1.82) is 0 Å². The highest BCUT2D eigenvalue weighted by atomic mass is 15.1. The molecule has 0 radical (unpaired) electrons. The number of hydrogen-bond donors (Lipinski definition) is 2. The molecule has 0 spiro atoms. The average Bonchev–Trinajstić information content (AvgIpc) is 2.16. The standard InChI is InChI=1S/C9H10N4/c1-11-9-12-5-6-2-3-7(10)4-8(6)13-9/h2-5H,10H2,1H3,(H,11,12,13). The lowest BCUT2D eigenvalue weighted by Gasteiger charge is -2.01. The highest BCUT2D eigenvalue weighted by Crippen LogP contribution is 2.15. The van der Waals surface area contributed by atoms with E-state index in [9.17, 15) is 0 Å². The van der Waals surface area contributed by atoms with Gasteiger partial charge in [0.2, 0.25) is 5.95 Å². The predicted octanol–water partition coefficient (Wildman–Crippen LogP) is 1.25. The summed E-state index contributed by atoms with van der Waals surface area (Å²) in [7, 11) is 1.79. The number of hydrogen-bond acceptors (Lipinski definition) is 4. The van der Waals surface area contributed by atoms with E-state index in [1.807, 2.05) is 18.2 Å². The van der Waals surface area contributed by atoms with E-state index in [2.05, 4.69) is 15.3 Å². The number of fused-ring (bicyclic) bond motifs is 1. The first kappa shape index (κ1) is 7.79. The van der Waals surface area contributed by atoms with Crippen molar-refractivity contribution in [3.8, 4) is 0 Å². The van der Waals surface area contributed by atoms with Gasteiger partial charge < -0.3 is 11.1 Å². The molecule has 0 aliphatic heterocycles. The van der Waals surface area contributed by atoms with Crippen LogP contribution in [0.1, 0.15) is 0 Å². The minimum absolute atomic E-state index is 0.609. The van der Waals surface area contributed by atoms with Crippen molar-refractivity contribution >= 4 is 22.5 Å². The summed E-state index contributed by atoms with van der Waals surface area (Å²) in [4.78, 5) is 8.34. The van der Waals surface area contributed by atoms with Gasteiger partial charge in [0.15, 0.2) is 0 Å². The molecule has 2 aromatic rings. The summed E-state index contributed by atoms with van der Waals surface area (Å²) >= 11 is 0. The first-order valence-corrected chi connectivity index (χ1v) is 3.99. The Balaban J connectivity index is 2.68. The van der Waals surface area contributed by atoms with Crippen molar-refractivity contribution in [2.75, 3.05) is 18.1 Å². The predicted molar refractivity (Wildman–Crippen MR) is 53.5 cm³/mol. The molecule has 0 unspecified atom stereocenters. The highest BCUT2D eigenvalue weighted by molar-refractivity contribution is 5.81. The molecule has 0 atom stereocenters. The van der Waals surface area contributed by atoms with Gasteiger partial charge in [-0.1, -0.05) is 0 Å². The monoisotopic (exact) mass is 174 g/mol. The maximum atomic E-state index is 5.63. The maximum absolute atomic E-state index is 5.63. The summed E-state index contributed by atoms with van der Waals surface area (Å²) in [5, 5.41) is 3.87. The lowest BCUT2D eigenvalue weighted by Crippen LogP contribution is -1.96. The van der Waals surface area contributed by atoms with Gasteiger partial charge in [0.1, 0.15) is 0 Å². The Morgan fingerprint density at radius 2 is 2.23 bits per heavy atom. The molecule has 3 N–H and O–H groups in total. The number of nitrogens with one attached hydrogen (secondary N) is 1. The van der Waals surface area contributed by atoms with Gasteiger partial charge in [-0.25, -0.2) is 9.97 Å². The molecule has 0 saturated carbocycles. The van der Waals surface area contributed by atoms with Crippen LogP contribution in [0.4, 0.5) is 11.6 Å². The SMILES string of the molecule is CNc1ncc2ccc(N)cc2n1. The summed E-state index contributed by atoms with van der Waals surface area (Å²) in [6, 6.07) is 5.58. The van der Waals surface area contributed by atoms with Crippen LogP contribution in [0.25, 0.3) is 10.9 Å². The summed E-state index contributed by atoms with van der Waals surface area (Å²) in [5.41, 5.74) is 7.21. The maximum Gasteiger partial charge on any atom is 0.222 e. The quantitative estimate of drug-likeness (QED) is 0.639. The lowest BCUT2D eigenvalue weighted by atomic mass is 10.2. The molecule has 0 fully saturated rings. The van der Waals surface area contributed by atoms with Crippen molar-refractivity contribution in [1.82, 2.24) is 9.97 Å². The van der Waals surface area contributed by atoms with Crippen LogP contribution >= 0.6 is 0 Å². The molecule has 4 nitrogen and oxygen atoms in total. The van der Waals surface area contributed by atoms with Gasteiger partial charge in [0, 0.05) is 24.3 Å². The molecule has 1 heterocycles. The van der Waals surface area contributed by atoms with Gasteiger partial charge in [0.25, 0.3) is 0 Å². The molecule has 0 saturated heterocycles. The van der Waals surface area contributed by atoms with Crippen molar-refractivity contribution in [3.05, 3.63) is 24.4 Å². The topological polar surface area (TPSA) is 63.8 Å². The molecular formula is C9H10N4. The van der Waals surface area contributed by atoms with Gasteiger partial charge in [-0.05, 0) is 18.2 Å². The molecule has 1 aromatic carbocycles. The van der Waals surface area contributed by atoms with Gasteiger partial charge in [-0.2, -0.15) is 0 Å². The van der Waals surface area contributed by atoms with E-state index < -0.39 is 0 Å². The smallest absolute Gasteiger partial charge is 0.222 e. The zero-order chi connectivity index (χ0) is 9.26. The fourth-order valence-corrected chi connectivity index (χ4v) is 1.16. The van der Waals surface area contributed by atoms with E-state index in [0.717, 1.165) is 10.9 Å². The van der Waals surface area contributed by atoms with Gasteiger partial charge in [-0.3, -0.25) is 0 Å². The van der Waals surface area contributed by atoms with Crippen molar-refractivity contribution in [2.24, 2.45) is 0 Å². The van der Waals surface area contributed by atoms with Crippen LogP contribution in [0.2, 0.25) is 0 Å². The summed E-state index contributed by atoms with van der Waals surface area (Å²) in [5.74, 6) is 0.609. The van der Waals surface area contributed by atoms with Crippen LogP contribution in [0, 0.1) is 0 Å². The van der Waals surface area contributed by atoms with Crippen LogP contribution in [0.3, 0.4) is 0 Å². The number of aromatic nitrogens is 2. The van der Waals surface area contributed by atoms with Crippen LogP contribution in [0.15, 0.2) is 24.4 Å². The fourth-order valence-electron chi connectivity index (χ4n) is 1.16. The Hall–Kier alpha value is -1.84. The number of anilines is 2. The van der Waals surface area contributed by atoms with E-state index in [0.29, 0.717) is 11.6 Å². The van der Waals surface area contributed by atoms with Crippen LogP contribution in [-0.4, -0.2) is 17.0 Å². The molecule has 4 heteroatoms. The fraction of sp³-hybridized carbons (Fsp3) is 0.111. The van der Waals surface area contributed by atoms with Crippen LogP contribution in [0.5, 0.6) is 0 Å². The van der Waals surface area contributed by atoms with Crippen molar-refractivity contribution in [3.63, 3.8) is 0 Å². The molecular weight excluding hydrogens is 164 g/mol. The molecule has 13 heavy (non-hydrogen) atoms. The van der Waals surface area contributed by atoms with Crippen molar-refractivity contribution < 1.29 is 0 Å². The second-order valence-corrected chi connectivity index (χ2v) is 2.76. The largest absolute Gasteiger partial charge is 0.399 e. The van der Waals surface area contributed by atoms with Crippen LogP contribution < -0.4 is 11.1 Å². The zero-order valence-corrected chi connectivity index (χ0v) is 7.28. The number of nitrogens with zero attached hydrogens (tertiary/aromatic N) is 2. The third kappa shape index (κ3) is 1.38. The summed E-state index contributed by atoms with van der Waals surface area (Å²) in [6.45, 7) is 0. The van der Waals surface area contributed by atoms with Gasteiger partial charge in [-0.15, -0.1) is 0 Å². The van der Waals surface area contributed by atoms with E-state index in [1.54, 1.807) is 13.2 Å². The van der Waals surface area contributed by atoms with Gasteiger partial charge >= 0.3 is 0 Å². The first-order valence-electron chi connectivity index (χ1n) is 3.99. The van der Waals surface area contributed by atoms with Crippen LogP contribution in [-0.2, 0) is 0 Å². The summed E-state index contributed by atoms with van der Waals surface area (Å²) < 4.78 is 0. The Morgan fingerprint density at radius 3 is 3.00 bits per heavy atom. The normalized spacial score (nSPS) is 10.2. The Kier molecular flexibility index (Phi) is 1.73. The Bertz CT molecular complexity index is 439. The average molecular weight is 174 g/mol. The molecule has 0 aliphatic rings. The molecule has 66 valence electrons. The minimum atomic E-state index is 0.609. The van der Waals surface area contributed by atoms with E-state index >= 15 is 0 Å². The second kappa shape index (κ2) is 2.90. The lowest BCUT2D eigenvalue weighted by molar-refractivity contribution is 1.19. The molecule has 1 aromatic heterocycles. The molecule has 2 rings (SSSR count). The number of rotatable bonds is 1. The number of benzene rings is 1. The molecule has 0 bridgehead atoms.